The molecule has 1 aliphatic rings. The number of anilines is 1. The van der Waals surface area contributed by atoms with Crippen LogP contribution in [0.5, 0.6) is 0 Å². The molecular weight excluding hydrogens is 188 g/mol. The average Bonchev–Trinajstić information content (AvgIpc) is 3.02. The number of rotatable bonds is 3. The van der Waals surface area contributed by atoms with Crippen molar-refractivity contribution >= 4 is 11.7 Å². The molecule has 1 aromatic rings. The highest BCUT2D eigenvalue weighted by atomic mass is 16.2. The second-order valence-corrected chi connectivity index (χ2v) is 3.93. The minimum Gasteiger partial charge on any atom is -0.335 e. The van der Waals surface area contributed by atoms with Gasteiger partial charge in [0.05, 0.1) is 0 Å². The molecule has 1 saturated carbocycles. The fourth-order valence-electron chi connectivity index (χ4n) is 1.45. The van der Waals surface area contributed by atoms with E-state index in [1.807, 2.05) is 18.2 Å². The van der Waals surface area contributed by atoms with Crippen molar-refractivity contribution in [2.45, 2.75) is 32.2 Å². The molecule has 0 saturated heterocycles. The normalized spacial score (nSPS) is 14.7. The molecule has 0 aromatic heterocycles. The first-order valence-electron chi connectivity index (χ1n) is 5.44. The molecule has 1 aromatic carbocycles. The number of urea groups is 1. The molecule has 2 rings (SSSR count). The number of amides is 2. The van der Waals surface area contributed by atoms with Crippen molar-refractivity contribution in [1.82, 2.24) is 5.32 Å². The van der Waals surface area contributed by atoms with Crippen molar-refractivity contribution in [3.63, 3.8) is 0 Å². The zero-order valence-corrected chi connectivity index (χ0v) is 8.92. The van der Waals surface area contributed by atoms with E-state index >= 15 is 0 Å². The molecule has 3 heteroatoms. The van der Waals surface area contributed by atoms with Crippen LogP contribution in [0.15, 0.2) is 24.3 Å². The van der Waals surface area contributed by atoms with Crippen LogP contribution in [-0.2, 0) is 6.42 Å². The molecule has 0 aliphatic heterocycles. The van der Waals surface area contributed by atoms with E-state index in [0.29, 0.717) is 6.04 Å². The molecule has 0 spiro atoms. The number of hydrogen-bond donors (Lipinski definition) is 2. The molecular formula is C12H16N2O. The zero-order chi connectivity index (χ0) is 10.7. The second-order valence-electron chi connectivity index (χ2n) is 3.93. The summed E-state index contributed by atoms with van der Waals surface area (Å²) in [7, 11) is 0. The van der Waals surface area contributed by atoms with Gasteiger partial charge in [0.1, 0.15) is 0 Å². The number of carbonyl (C=O) groups is 1. The molecule has 2 amide bonds. The van der Waals surface area contributed by atoms with E-state index in [2.05, 4.69) is 23.6 Å². The lowest BCUT2D eigenvalue weighted by Crippen LogP contribution is -2.30. The maximum absolute atomic E-state index is 11.4. The molecule has 2 N–H and O–H groups in total. The van der Waals surface area contributed by atoms with Crippen LogP contribution in [0.4, 0.5) is 10.5 Å². The van der Waals surface area contributed by atoms with Crippen LogP contribution in [0.1, 0.15) is 25.3 Å². The largest absolute Gasteiger partial charge is 0.335 e. The topological polar surface area (TPSA) is 41.1 Å². The Morgan fingerprint density at radius 2 is 2.27 bits per heavy atom. The molecule has 0 bridgehead atoms. The third-order valence-corrected chi connectivity index (χ3v) is 2.51. The van der Waals surface area contributed by atoms with Gasteiger partial charge in [0, 0.05) is 11.7 Å². The predicted octanol–water partition coefficient (Wildman–Crippen LogP) is 2.53. The predicted molar refractivity (Wildman–Crippen MR) is 61.0 cm³/mol. The molecule has 1 aliphatic carbocycles. The first kappa shape index (κ1) is 10.0. The minimum atomic E-state index is -0.0919. The van der Waals surface area contributed by atoms with Crippen LogP contribution < -0.4 is 10.6 Å². The lowest BCUT2D eigenvalue weighted by Gasteiger charge is -2.07. The van der Waals surface area contributed by atoms with E-state index < -0.39 is 0 Å². The quantitative estimate of drug-likeness (QED) is 0.780. The van der Waals surface area contributed by atoms with E-state index in [0.717, 1.165) is 24.9 Å². The first-order valence-corrected chi connectivity index (χ1v) is 5.44. The van der Waals surface area contributed by atoms with Gasteiger partial charge >= 0.3 is 6.03 Å². The smallest absolute Gasteiger partial charge is 0.319 e. The Hall–Kier alpha value is -1.51. The Morgan fingerprint density at radius 1 is 1.47 bits per heavy atom. The summed E-state index contributed by atoms with van der Waals surface area (Å²) in [6.45, 7) is 2.10. The lowest BCUT2D eigenvalue weighted by atomic mass is 10.1. The number of carbonyl (C=O) groups excluding carboxylic acids is 1. The third kappa shape index (κ3) is 2.98. The van der Waals surface area contributed by atoms with E-state index in [9.17, 15) is 4.79 Å². The SMILES string of the molecule is CCc1cccc(NC(=O)NC2CC2)c1. The minimum absolute atomic E-state index is 0.0919. The Bertz CT molecular complexity index is 358. The van der Waals surface area contributed by atoms with Gasteiger partial charge in [-0.25, -0.2) is 4.79 Å². The van der Waals surface area contributed by atoms with Gasteiger partial charge in [-0.05, 0) is 37.0 Å². The summed E-state index contributed by atoms with van der Waals surface area (Å²) in [5, 5.41) is 5.73. The van der Waals surface area contributed by atoms with E-state index in [4.69, 9.17) is 0 Å². The summed E-state index contributed by atoms with van der Waals surface area (Å²) < 4.78 is 0. The van der Waals surface area contributed by atoms with E-state index in [-0.39, 0.29) is 6.03 Å². The summed E-state index contributed by atoms with van der Waals surface area (Å²) >= 11 is 0. The van der Waals surface area contributed by atoms with Gasteiger partial charge < -0.3 is 10.6 Å². The highest BCUT2D eigenvalue weighted by molar-refractivity contribution is 5.89. The summed E-state index contributed by atoms with van der Waals surface area (Å²) in [4.78, 5) is 11.4. The molecule has 0 radical (unpaired) electrons. The Balaban J connectivity index is 1.93. The Kier molecular flexibility index (Phi) is 2.90. The van der Waals surface area contributed by atoms with Crippen LogP contribution in [0, 0.1) is 0 Å². The van der Waals surface area contributed by atoms with Gasteiger partial charge in [0.25, 0.3) is 0 Å². The zero-order valence-electron chi connectivity index (χ0n) is 8.92. The molecule has 3 nitrogen and oxygen atoms in total. The lowest BCUT2D eigenvalue weighted by molar-refractivity contribution is 0.251. The summed E-state index contributed by atoms with van der Waals surface area (Å²) in [5.74, 6) is 0. The van der Waals surface area contributed by atoms with Crippen LogP contribution >= 0.6 is 0 Å². The highest BCUT2D eigenvalue weighted by Crippen LogP contribution is 2.19. The highest BCUT2D eigenvalue weighted by Gasteiger charge is 2.23. The van der Waals surface area contributed by atoms with Gasteiger partial charge in [-0.1, -0.05) is 19.1 Å². The Morgan fingerprint density at radius 3 is 2.93 bits per heavy atom. The summed E-state index contributed by atoms with van der Waals surface area (Å²) in [5.41, 5.74) is 2.10. The molecule has 0 atom stereocenters. The standard InChI is InChI=1S/C12H16N2O/c1-2-9-4-3-5-11(8-9)14-12(15)13-10-6-7-10/h3-5,8,10H,2,6-7H2,1H3,(H2,13,14,15). The maximum Gasteiger partial charge on any atom is 0.319 e. The van der Waals surface area contributed by atoms with Crippen molar-refractivity contribution in [1.29, 1.82) is 0 Å². The van der Waals surface area contributed by atoms with Gasteiger partial charge in [-0.15, -0.1) is 0 Å². The monoisotopic (exact) mass is 204 g/mol. The van der Waals surface area contributed by atoms with Crippen molar-refractivity contribution in [2.24, 2.45) is 0 Å². The van der Waals surface area contributed by atoms with Gasteiger partial charge in [-0.2, -0.15) is 0 Å². The number of nitrogens with one attached hydrogen (secondary N) is 2. The van der Waals surface area contributed by atoms with Gasteiger partial charge in [0.2, 0.25) is 0 Å². The van der Waals surface area contributed by atoms with Crippen molar-refractivity contribution in [3.05, 3.63) is 29.8 Å². The number of hydrogen-bond acceptors (Lipinski definition) is 1. The van der Waals surface area contributed by atoms with Crippen LogP contribution in [-0.4, -0.2) is 12.1 Å². The van der Waals surface area contributed by atoms with Crippen LogP contribution in [0.25, 0.3) is 0 Å². The van der Waals surface area contributed by atoms with Crippen molar-refractivity contribution in [3.8, 4) is 0 Å². The maximum atomic E-state index is 11.4. The number of benzene rings is 1. The molecule has 1 fully saturated rings. The number of aryl methyl sites for hydroxylation is 1. The fraction of sp³-hybridized carbons (Fsp3) is 0.417. The molecule has 80 valence electrons. The van der Waals surface area contributed by atoms with Crippen molar-refractivity contribution < 1.29 is 4.79 Å². The fourth-order valence-corrected chi connectivity index (χ4v) is 1.45. The van der Waals surface area contributed by atoms with Crippen molar-refractivity contribution in [2.75, 3.05) is 5.32 Å². The first-order chi connectivity index (χ1) is 7.28. The molecule has 0 unspecified atom stereocenters. The molecule has 0 heterocycles. The molecule has 15 heavy (non-hydrogen) atoms. The van der Waals surface area contributed by atoms with Crippen LogP contribution in [0.2, 0.25) is 0 Å². The second kappa shape index (κ2) is 4.34. The summed E-state index contributed by atoms with van der Waals surface area (Å²) in [6.07, 6.45) is 3.21. The van der Waals surface area contributed by atoms with Crippen LogP contribution in [0.3, 0.4) is 0 Å². The summed E-state index contributed by atoms with van der Waals surface area (Å²) in [6, 6.07) is 8.25. The third-order valence-electron chi connectivity index (χ3n) is 2.51. The average molecular weight is 204 g/mol. The Labute approximate surface area is 89.9 Å². The van der Waals surface area contributed by atoms with Gasteiger partial charge in [-0.3, -0.25) is 0 Å². The van der Waals surface area contributed by atoms with E-state index in [1.165, 1.54) is 5.56 Å². The van der Waals surface area contributed by atoms with E-state index in [1.54, 1.807) is 0 Å². The van der Waals surface area contributed by atoms with Gasteiger partial charge in [0.15, 0.2) is 0 Å².